The van der Waals surface area contributed by atoms with Crippen molar-refractivity contribution < 1.29 is 9.84 Å². The van der Waals surface area contributed by atoms with Crippen molar-refractivity contribution in [3.8, 4) is 5.75 Å². The van der Waals surface area contributed by atoms with Crippen LogP contribution in [0.4, 0.5) is 0 Å². The predicted octanol–water partition coefficient (Wildman–Crippen LogP) is 1.61. The van der Waals surface area contributed by atoms with Gasteiger partial charge in [-0.05, 0) is 50.7 Å². The van der Waals surface area contributed by atoms with Gasteiger partial charge in [-0.1, -0.05) is 12.1 Å². The Labute approximate surface area is 122 Å². The molecule has 0 aliphatic carbocycles. The highest BCUT2D eigenvalue weighted by Gasteiger charge is 2.25. The summed E-state index contributed by atoms with van der Waals surface area (Å²) >= 11 is 0. The van der Waals surface area contributed by atoms with E-state index in [-0.39, 0.29) is 0 Å². The van der Waals surface area contributed by atoms with Gasteiger partial charge in [-0.25, -0.2) is 0 Å². The fraction of sp³-hybridized carbons (Fsp3) is 0.625. The molecule has 2 unspecified atom stereocenters. The van der Waals surface area contributed by atoms with Crippen molar-refractivity contribution in [2.24, 2.45) is 5.92 Å². The van der Waals surface area contributed by atoms with Crippen LogP contribution in [-0.4, -0.2) is 62.4 Å². The number of aliphatic hydroxyl groups is 1. The van der Waals surface area contributed by atoms with Crippen molar-refractivity contribution in [3.05, 3.63) is 29.8 Å². The van der Waals surface area contributed by atoms with Gasteiger partial charge in [0.25, 0.3) is 0 Å². The summed E-state index contributed by atoms with van der Waals surface area (Å²) in [6.45, 7) is 3.39. The van der Waals surface area contributed by atoms with E-state index in [1.54, 1.807) is 7.11 Å². The second-order valence-electron chi connectivity index (χ2n) is 5.85. The Bertz CT molecular complexity index is 423. The van der Waals surface area contributed by atoms with Crippen LogP contribution < -0.4 is 4.74 Å². The molecule has 0 bridgehead atoms. The first-order chi connectivity index (χ1) is 9.63. The molecular weight excluding hydrogens is 252 g/mol. The minimum absolute atomic E-state index is 0.308. The molecule has 1 N–H and O–H groups in total. The number of rotatable bonds is 6. The van der Waals surface area contributed by atoms with Crippen LogP contribution in [0.15, 0.2) is 24.3 Å². The zero-order chi connectivity index (χ0) is 14.5. The van der Waals surface area contributed by atoms with E-state index in [4.69, 9.17) is 4.74 Å². The van der Waals surface area contributed by atoms with E-state index in [2.05, 4.69) is 36.0 Å². The summed E-state index contributed by atoms with van der Waals surface area (Å²) in [6.07, 6.45) is 1.11. The van der Waals surface area contributed by atoms with E-state index in [0.29, 0.717) is 18.6 Å². The standard InChI is InChI=1S/C16H26N2O2/c1-17(2)16(11-18-8-7-13(10-18)12-19)14-5-4-6-15(9-14)20-3/h4-6,9,13,16,19H,7-8,10-12H2,1-3H3. The SMILES string of the molecule is COc1cccc(C(CN2CCC(CO)C2)N(C)C)c1. The lowest BCUT2D eigenvalue weighted by Crippen LogP contribution is -2.33. The number of likely N-dealkylation sites (tertiary alicyclic amines) is 1. The fourth-order valence-electron chi connectivity index (χ4n) is 2.89. The lowest BCUT2D eigenvalue weighted by atomic mass is 10.0. The van der Waals surface area contributed by atoms with Gasteiger partial charge in [0.1, 0.15) is 5.75 Å². The average molecular weight is 278 g/mol. The van der Waals surface area contributed by atoms with Crippen molar-refractivity contribution in [2.75, 3.05) is 47.4 Å². The van der Waals surface area contributed by atoms with Crippen LogP contribution in [0.3, 0.4) is 0 Å². The van der Waals surface area contributed by atoms with Gasteiger partial charge in [-0.15, -0.1) is 0 Å². The molecule has 0 aromatic heterocycles. The normalized spacial score (nSPS) is 21.4. The molecule has 1 aromatic rings. The van der Waals surface area contributed by atoms with Gasteiger partial charge in [-0.3, -0.25) is 0 Å². The lowest BCUT2D eigenvalue weighted by molar-refractivity contribution is 0.188. The molecule has 112 valence electrons. The van der Waals surface area contributed by atoms with Gasteiger partial charge in [0.2, 0.25) is 0 Å². The van der Waals surface area contributed by atoms with Crippen molar-refractivity contribution in [2.45, 2.75) is 12.5 Å². The van der Waals surface area contributed by atoms with Crippen LogP contribution in [0.25, 0.3) is 0 Å². The number of ether oxygens (including phenoxy) is 1. The van der Waals surface area contributed by atoms with Crippen LogP contribution >= 0.6 is 0 Å². The fourth-order valence-corrected chi connectivity index (χ4v) is 2.89. The largest absolute Gasteiger partial charge is 0.497 e. The van der Waals surface area contributed by atoms with Crippen LogP contribution in [0.5, 0.6) is 5.75 Å². The maximum atomic E-state index is 9.26. The Morgan fingerprint density at radius 3 is 2.85 bits per heavy atom. The molecule has 4 heteroatoms. The van der Waals surface area contributed by atoms with Gasteiger partial charge in [0.15, 0.2) is 0 Å². The highest BCUT2D eigenvalue weighted by atomic mass is 16.5. The number of methoxy groups -OCH3 is 1. The number of benzene rings is 1. The van der Waals surface area contributed by atoms with E-state index in [9.17, 15) is 5.11 Å². The second kappa shape index (κ2) is 7.07. The number of nitrogens with zero attached hydrogens (tertiary/aromatic N) is 2. The van der Waals surface area contributed by atoms with Crippen LogP contribution in [0, 0.1) is 5.92 Å². The number of hydrogen-bond donors (Lipinski definition) is 1. The van der Waals surface area contributed by atoms with Crippen molar-refractivity contribution in [1.29, 1.82) is 0 Å². The summed E-state index contributed by atoms with van der Waals surface area (Å²) in [5, 5.41) is 9.26. The Hall–Kier alpha value is -1.10. The third-order valence-corrected chi connectivity index (χ3v) is 4.16. The molecule has 0 saturated carbocycles. The monoisotopic (exact) mass is 278 g/mol. The maximum Gasteiger partial charge on any atom is 0.119 e. The van der Waals surface area contributed by atoms with Crippen LogP contribution in [0.2, 0.25) is 0 Å². The highest BCUT2D eigenvalue weighted by Crippen LogP contribution is 2.26. The molecule has 2 atom stereocenters. The van der Waals surface area contributed by atoms with Crippen LogP contribution in [0.1, 0.15) is 18.0 Å². The van der Waals surface area contributed by atoms with Crippen molar-refractivity contribution in [1.82, 2.24) is 9.80 Å². The number of likely N-dealkylation sites (N-methyl/N-ethyl adjacent to an activating group) is 1. The summed E-state index contributed by atoms with van der Waals surface area (Å²) in [6, 6.07) is 8.65. The smallest absolute Gasteiger partial charge is 0.119 e. The van der Waals surface area contributed by atoms with Crippen molar-refractivity contribution in [3.63, 3.8) is 0 Å². The Morgan fingerprint density at radius 1 is 1.45 bits per heavy atom. The summed E-state index contributed by atoms with van der Waals surface area (Å²) in [4.78, 5) is 4.70. The first-order valence-electron chi connectivity index (χ1n) is 7.27. The Balaban J connectivity index is 2.07. The molecule has 20 heavy (non-hydrogen) atoms. The molecule has 1 aromatic carbocycles. The number of aliphatic hydroxyl groups excluding tert-OH is 1. The zero-order valence-electron chi connectivity index (χ0n) is 12.7. The van der Waals surface area contributed by atoms with Gasteiger partial charge in [0.05, 0.1) is 7.11 Å². The number of hydrogen-bond acceptors (Lipinski definition) is 4. The first kappa shape index (κ1) is 15.3. The summed E-state index contributed by atoms with van der Waals surface area (Å²) in [5.41, 5.74) is 1.28. The molecular formula is C16H26N2O2. The van der Waals surface area contributed by atoms with E-state index in [1.165, 1.54) is 5.56 Å². The van der Waals surface area contributed by atoms with Gasteiger partial charge in [0, 0.05) is 25.7 Å². The zero-order valence-corrected chi connectivity index (χ0v) is 12.7. The summed E-state index contributed by atoms with van der Waals surface area (Å²) in [5.74, 6) is 1.35. The predicted molar refractivity (Wildman–Crippen MR) is 81.1 cm³/mol. The lowest BCUT2D eigenvalue weighted by Gasteiger charge is -2.29. The topological polar surface area (TPSA) is 35.9 Å². The van der Waals surface area contributed by atoms with E-state index >= 15 is 0 Å². The molecule has 1 aliphatic rings. The Morgan fingerprint density at radius 2 is 2.25 bits per heavy atom. The molecule has 1 fully saturated rings. The van der Waals surface area contributed by atoms with Crippen molar-refractivity contribution >= 4 is 0 Å². The molecule has 0 amide bonds. The Kier molecular flexibility index (Phi) is 5.40. The second-order valence-corrected chi connectivity index (χ2v) is 5.85. The first-order valence-corrected chi connectivity index (χ1v) is 7.27. The summed E-state index contributed by atoms with van der Waals surface area (Å²) < 4.78 is 5.32. The van der Waals surface area contributed by atoms with E-state index < -0.39 is 0 Å². The highest BCUT2D eigenvalue weighted by molar-refractivity contribution is 5.30. The average Bonchev–Trinajstić information content (AvgIpc) is 2.92. The summed E-state index contributed by atoms with van der Waals surface area (Å²) in [7, 11) is 5.93. The van der Waals surface area contributed by atoms with Gasteiger partial charge in [-0.2, -0.15) is 0 Å². The van der Waals surface area contributed by atoms with Gasteiger partial charge >= 0.3 is 0 Å². The maximum absolute atomic E-state index is 9.26. The van der Waals surface area contributed by atoms with E-state index in [1.807, 2.05) is 12.1 Å². The molecule has 4 nitrogen and oxygen atoms in total. The quantitative estimate of drug-likeness (QED) is 0.857. The molecule has 2 rings (SSSR count). The molecule has 0 radical (unpaired) electrons. The minimum Gasteiger partial charge on any atom is -0.497 e. The minimum atomic E-state index is 0.308. The molecule has 1 heterocycles. The molecule has 1 saturated heterocycles. The van der Waals surface area contributed by atoms with E-state index in [0.717, 1.165) is 31.8 Å². The third-order valence-electron chi connectivity index (χ3n) is 4.16. The molecule has 1 aliphatic heterocycles. The third kappa shape index (κ3) is 3.72. The molecule has 0 spiro atoms. The van der Waals surface area contributed by atoms with Gasteiger partial charge < -0.3 is 19.6 Å². The van der Waals surface area contributed by atoms with Crippen LogP contribution in [-0.2, 0) is 0 Å².